The Balaban J connectivity index is 0. The molecule has 0 heterocycles. The van der Waals surface area contributed by atoms with E-state index < -0.39 is 5.97 Å². The molecule has 0 rings (SSSR count). The predicted molar refractivity (Wildman–Crippen MR) is 51.1 cm³/mol. The van der Waals surface area contributed by atoms with Crippen LogP contribution in [0, 0.1) is 0 Å². The monoisotopic (exact) mass is 206 g/mol. The van der Waals surface area contributed by atoms with Crippen LogP contribution in [0.25, 0.3) is 0 Å². The Morgan fingerprint density at radius 3 is 2.07 bits per heavy atom. The predicted octanol–water partition coefficient (Wildman–Crippen LogP) is 1.07. The van der Waals surface area contributed by atoms with Gasteiger partial charge in [0.1, 0.15) is 6.61 Å². The average Bonchev–Trinajstić information content (AvgIpc) is 2.17. The number of carbonyl (C=O) groups excluding carboxylic acids is 1. The third kappa shape index (κ3) is 17.1. The van der Waals surface area contributed by atoms with E-state index in [9.17, 15) is 9.59 Å². The minimum atomic E-state index is -0.904. The van der Waals surface area contributed by atoms with Crippen LogP contribution in [0.4, 0.5) is 0 Å². The van der Waals surface area contributed by atoms with Crippen molar-refractivity contribution in [3.05, 3.63) is 0 Å². The lowest BCUT2D eigenvalue weighted by atomic mass is 10.5. The lowest BCUT2D eigenvalue weighted by Gasteiger charge is -1.94. The normalized spacial score (nSPS) is 8.50. The Morgan fingerprint density at radius 2 is 1.86 bits per heavy atom. The van der Waals surface area contributed by atoms with E-state index in [1.165, 1.54) is 7.11 Å². The van der Waals surface area contributed by atoms with E-state index >= 15 is 0 Å². The Morgan fingerprint density at radius 1 is 1.29 bits per heavy atom. The largest absolute Gasteiger partial charge is 0.480 e. The van der Waals surface area contributed by atoms with Crippen molar-refractivity contribution < 1.29 is 24.2 Å². The van der Waals surface area contributed by atoms with Crippen molar-refractivity contribution in [2.45, 2.75) is 26.7 Å². The Kier molecular flexibility index (Phi) is 13.1. The maximum atomic E-state index is 9.96. The minimum Gasteiger partial charge on any atom is -0.480 e. The molecular formula is C9H18O5. The van der Waals surface area contributed by atoms with Crippen LogP contribution in [0.15, 0.2) is 0 Å². The van der Waals surface area contributed by atoms with E-state index in [2.05, 4.69) is 9.47 Å². The molecule has 1 N–H and O–H groups in total. The zero-order valence-electron chi connectivity index (χ0n) is 8.91. The molecule has 0 radical (unpaired) electrons. The molecule has 14 heavy (non-hydrogen) atoms. The minimum absolute atomic E-state index is 0.157. The Hall–Kier alpha value is -1.10. The van der Waals surface area contributed by atoms with Crippen molar-refractivity contribution in [3.8, 4) is 0 Å². The van der Waals surface area contributed by atoms with Gasteiger partial charge in [-0.3, -0.25) is 4.79 Å². The molecule has 84 valence electrons. The summed E-state index contributed by atoms with van der Waals surface area (Å²) < 4.78 is 8.91. The highest BCUT2D eigenvalue weighted by Gasteiger charge is 1.92. The van der Waals surface area contributed by atoms with E-state index in [1.54, 1.807) is 6.92 Å². The number of carboxylic acids is 1. The van der Waals surface area contributed by atoms with Gasteiger partial charge in [0.15, 0.2) is 0 Å². The van der Waals surface area contributed by atoms with Gasteiger partial charge >= 0.3 is 11.9 Å². The van der Waals surface area contributed by atoms with Crippen molar-refractivity contribution in [1.29, 1.82) is 0 Å². The van der Waals surface area contributed by atoms with Crippen molar-refractivity contribution in [2.24, 2.45) is 0 Å². The van der Waals surface area contributed by atoms with Gasteiger partial charge in [0, 0.05) is 13.0 Å². The average molecular weight is 206 g/mol. The zero-order valence-corrected chi connectivity index (χ0v) is 8.91. The van der Waals surface area contributed by atoms with Crippen LogP contribution in [0.3, 0.4) is 0 Å². The molecule has 0 aliphatic heterocycles. The first-order valence-electron chi connectivity index (χ1n) is 4.44. The molecule has 5 nitrogen and oxygen atoms in total. The van der Waals surface area contributed by atoms with Gasteiger partial charge in [-0.05, 0) is 6.42 Å². The first-order valence-corrected chi connectivity index (χ1v) is 4.44. The molecule has 0 unspecified atom stereocenters. The third-order valence-electron chi connectivity index (χ3n) is 1.09. The number of hydrogen-bond acceptors (Lipinski definition) is 4. The molecule has 0 aliphatic carbocycles. The second-order valence-electron chi connectivity index (χ2n) is 2.38. The SMILES string of the molecule is CCC(=O)OC.CCCOCC(=O)O. The number of carboxylic acid groups (broad SMARTS) is 1. The second kappa shape index (κ2) is 11.9. The third-order valence-corrected chi connectivity index (χ3v) is 1.09. The van der Waals surface area contributed by atoms with Gasteiger partial charge in [-0.15, -0.1) is 0 Å². The number of aliphatic carboxylic acids is 1. The van der Waals surface area contributed by atoms with E-state index in [0.29, 0.717) is 13.0 Å². The molecular weight excluding hydrogens is 188 g/mol. The molecule has 0 saturated carbocycles. The summed E-state index contributed by atoms with van der Waals surface area (Å²) in [6, 6.07) is 0. The number of methoxy groups -OCH3 is 1. The maximum Gasteiger partial charge on any atom is 0.329 e. The number of hydrogen-bond donors (Lipinski definition) is 1. The highest BCUT2D eigenvalue weighted by Crippen LogP contribution is 1.78. The van der Waals surface area contributed by atoms with Gasteiger partial charge in [-0.2, -0.15) is 0 Å². The van der Waals surface area contributed by atoms with E-state index in [0.717, 1.165) is 6.42 Å². The number of ether oxygens (including phenoxy) is 2. The fourth-order valence-electron chi connectivity index (χ4n) is 0.448. The number of esters is 1. The summed E-state index contributed by atoms with van der Waals surface area (Å²) in [4.78, 5) is 19.7. The maximum absolute atomic E-state index is 9.96. The first kappa shape index (κ1) is 15.4. The van der Waals surface area contributed by atoms with Crippen LogP contribution in [-0.4, -0.2) is 37.4 Å². The van der Waals surface area contributed by atoms with E-state index in [4.69, 9.17) is 5.11 Å². The van der Waals surface area contributed by atoms with Gasteiger partial charge in [-0.1, -0.05) is 13.8 Å². The van der Waals surface area contributed by atoms with Crippen LogP contribution >= 0.6 is 0 Å². The molecule has 0 aliphatic rings. The molecule has 0 amide bonds. The smallest absolute Gasteiger partial charge is 0.329 e. The highest BCUT2D eigenvalue weighted by molar-refractivity contribution is 5.68. The molecule has 0 fully saturated rings. The second-order valence-corrected chi connectivity index (χ2v) is 2.38. The van der Waals surface area contributed by atoms with Gasteiger partial charge in [-0.25, -0.2) is 4.79 Å². The number of carbonyl (C=O) groups is 2. The molecule has 0 bridgehead atoms. The fraction of sp³-hybridized carbons (Fsp3) is 0.778. The van der Waals surface area contributed by atoms with Crippen molar-refractivity contribution in [3.63, 3.8) is 0 Å². The lowest BCUT2D eigenvalue weighted by Crippen LogP contribution is -2.06. The van der Waals surface area contributed by atoms with Crippen molar-refractivity contribution >= 4 is 11.9 Å². The molecule has 0 atom stereocenters. The summed E-state index contributed by atoms with van der Waals surface area (Å²) >= 11 is 0. The molecule has 0 aromatic carbocycles. The molecule has 0 aromatic heterocycles. The van der Waals surface area contributed by atoms with Gasteiger partial charge in [0.05, 0.1) is 7.11 Å². The van der Waals surface area contributed by atoms with E-state index in [1.807, 2.05) is 6.92 Å². The van der Waals surface area contributed by atoms with E-state index in [-0.39, 0.29) is 12.6 Å². The molecule has 0 aromatic rings. The topological polar surface area (TPSA) is 72.8 Å². The van der Waals surface area contributed by atoms with Crippen molar-refractivity contribution in [1.82, 2.24) is 0 Å². The van der Waals surface area contributed by atoms with Gasteiger partial charge in [0.2, 0.25) is 0 Å². The van der Waals surface area contributed by atoms with Gasteiger partial charge < -0.3 is 14.6 Å². The number of rotatable bonds is 5. The molecule has 0 spiro atoms. The summed E-state index contributed by atoms with van der Waals surface area (Å²) in [7, 11) is 1.38. The quantitative estimate of drug-likeness (QED) is 0.538. The molecule has 0 saturated heterocycles. The first-order chi connectivity index (χ1) is 6.58. The van der Waals surface area contributed by atoms with Crippen LogP contribution in [0.5, 0.6) is 0 Å². The van der Waals surface area contributed by atoms with Crippen LogP contribution in [0.1, 0.15) is 26.7 Å². The zero-order chi connectivity index (χ0) is 11.4. The highest BCUT2D eigenvalue weighted by atomic mass is 16.5. The summed E-state index contributed by atoms with van der Waals surface area (Å²) in [5.41, 5.74) is 0. The Bertz CT molecular complexity index is 149. The summed E-state index contributed by atoms with van der Waals surface area (Å²) in [5.74, 6) is -1.06. The fourth-order valence-corrected chi connectivity index (χ4v) is 0.448. The van der Waals surface area contributed by atoms with Crippen LogP contribution in [0.2, 0.25) is 0 Å². The summed E-state index contributed by atoms with van der Waals surface area (Å²) in [6.07, 6.45) is 1.34. The van der Waals surface area contributed by atoms with Gasteiger partial charge in [0.25, 0.3) is 0 Å². The molecule has 5 heteroatoms. The Labute approximate surface area is 84.0 Å². The van der Waals surface area contributed by atoms with Crippen LogP contribution in [-0.2, 0) is 19.1 Å². The summed E-state index contributed by atoms with van der Waals surface area (Å²) in [6.45, 7) is 4.05. The van der Waals surface area contributed by atoms with Crippen LogP contribution < -0.4 is 0 Å². The standard InChI is InChI=1S/C5H10O3.C4H8O2/c1-2-3-8-4-5(6)7;1-3-4(5)6-2/h2-4H2,1H3,(H,6,7);3H2,1-2H3. The lowest BCUT2D eigenvalue weighted by molar-refractivity contribution is -0.142. The van der Waals surface area contributed by atoms with Crippen molar-refractivity contribution in [2.75, 3.05) is 20.3 Å². The summed E-state index contributed by atoms with van der Waals surface area (Å²) in [5, 5.41) is 8.02.